The van der Waals surface area contributed by atoms with Crippen molar-refractivity contribution in [2.75, 3.05) is 5.32 Å². The molecule has 0 aliphatic heterocycles. The SMILES string of the molecule is CC[C@H](Nc1ncnc2nc[nH]c12)c1nc2cccc(-c3nc4ccc(C(=O)NO)cc4s3)c2c(=O)n1-c1ccccc1. The number of aromatic nitrogens is 7. The molecule has 212 valence electrons. The molecule has 0 saturated heterocycles. The second kappa shape index (κ2) is 10.7. The molecule has 1 atom stereocenters. The van der Waals surface area contributed by atoms with Crippen LogP contribution in [0.15, 0.2) is 84.2 Å². The molecule has 7 rings (SSSR count). The number of benzene rings is 3. The summed E-state index contributed by atoms with van der Waals surface area (Å²) in [6, 6.07) is 19.5. The van der Waals surface area contributed by atoms with Crippen molar-refractivity contribution in [1.29, 1.82) is 0 Å². The molecule has 4 N–H and O–H groups in total. The number of nitrogens with zero attached hydrogens (tertiary/aromatic N) is 6. The summed E-state index contributed by atoms with van der Waals surface area (Å²) in [5.41, 5.74) is 5.41. The van der Waals surface area contributed by atoms with Crippen molar-refractivity contribution < 1.29 is 10.0 Å². The lowest BCUT2D eigenvalue weighted by Crippen LogP contribution is -2.28. The predicted octanol–water partition coefficient (Wildman–Crippen LogP) is 5.01. The number of hydrogen-bond donors (Lipinski definition) is 4. The van der Waals surface area contributed by atoms with E-state index in [1.165, 1.54) is 17.7 Å². The molecular weight excluding hydrogens is 566 g/mol. The van der Waals surface area contributed by atoms with Crippen molar-refractivity contribution in [3.8, 4) is 16.3 Å². The molecular formula is C30H23N9O3S. The smallest absolute Gasteiger partial charge is 0.274 e. The monoisotopic (exact) mass is 589 g/mol. The summed E-state index contributed by atoms with van der Waals surface area (Å²) in [6.07, 6.45) is 3.61. The van der Waals surface area contributed by atoms with Gasteiger partial charge in [0, 0.05) is 11.1 Å². The van der Waals surface area contributed by atoms with E-state index in [4.69, 9.17) is 15.2 Å². The molecule has 0 spiro atoms. The summed E-state index contributed by atoms with van der Waals surface area (Å²) in [6.45, 7) is 2.01. The number of hydrogen-bond acceptors (Lipinski definition) is 10. The molecule has 7 aromatic rings. The number of carbonyl (C=O) groups excluding carboxylic acids is 1. The molecule has 0 aliphatic carbocycles. The highest BCUT2D eigenvalue weighted by molar-refractivity contribution is 7.21. The number of para-hydroxylation sites is 1. The highest BCUT2D eigenvalue weighted by Crippen LogP contribution is 2.35. The number of thiazole rings is 1. The van der Waals surface area contributed by atoms with Gasteiger partial charge in [-0.3, -0.25) is 19.4 Å². The highest BCUT2D eigenvalue weighted by Gasteiger charge is 2.24. The van der Waals surface area contributed by atoms with Crippen LogP contribution in [0.5, 0.6) is 0 Å². The number of nitrogens with one attached hydrogen (secondary N) is 3. The van der Waals surface area contributed by atoms with E-state index in [0.29, 0.717) is 67.5 Å². The molecule has 43 heavy (non-hydrogen) atoms. The first kappa shape index (κ1) is 26.4. The van der Waals surface area contributed by atoms with Gasteiger partial charge in [-0.05, 0) is 42.8 Å². The third-order valence-electron chi connectivity index (χ3n) is 7.17. The van der Waals surface area contributed by atoms with Crippen LogP contribution in [-0.4, -0.2) is 45.6 Å². The van der Waals surface area contributed by atoms with Gasteiger partial charge in [0.1, 0.15) is 22.7 Å². The zero-order chi connectivity index (χ0) is 29.5. The first-order valence-corrected chi connectivity index (χ1v) is 14.2. The lowest BCUT2D eigenvalue weighted by molar-refractivity contribution is 0.0706. The topological polar surface area (TPSA) is 164 Å². The van der Waals surface area contributed by atoms with Crippen LogP contribution in [-0.2, 0) is 0 Å². The predicted molar refractivity (Wildman–Crippen MR) is 164 cm³/mol. The highest BCUT2D eigenvalue weighted by atomic mass is 32.1. The van der Waals surface area contributed by atoms with E-state index in [0.717, 1.165) is 4.70 Å². The van der Waals surface area contributed by atoms with Crippen molar-refractivity contribution in [3.63, 3.8) is 0 Å². The molecule has 0 bridgehead atoms. The van der Waals surface area contributed by atoms with Crippen molar-refractivity contribution in [2.24, 2.45) is 0 Å². The van der Waals surface area contributed by atoms with Crippen LogP contribution in [0, 0.1) is 0 Å². The maximum absolute atomic E-state index is 14.5. The molecule has 3 aromatic carbocycles. The van der Waals surface area contributed by atoms with Crippen molar-refractivity contribution in [2.45, 2.75) is 19.4 Å². The van der Waals surface area contributed by atoms with Gasteiger partial charge in [0.2, 0.25) is 0 Å². The van der Waals surface area contributed by atoms with E-state index < -0.39 is 5.91 Å². The third kappa shape index (κ3) is 4.56. The second-order valence-electron chi connectivity index (χ2n) is 9.72. The van der Waals surface area contributed by atoms with Crippen LogP contribution >= 0.6 is 11.3 Å². The lowest BCUT2D eigenvalue weighted by atomic mass is 10.1. The van der Waals surface area contributed by atoms with E-state index >= 15 is 0 Å². The molecule has 1 amide bonds. The molecule has 4 heterocycles. The number of rotatable bonds is 7. The van der Waals surface area contributed by atoms with Gasteiger partial charge < -0.3 is 10.3 Å². The maximum Gasteiger partial charge on any atom is 0.274 e. The number of aromatic amines is 1. The zero-order valence-corrected chi connectivity index (χ0v) is 23.5. The average Bonchev–Trinajstić information content (AvgIpc) is 3.71. The van der Waals surface area contributed by atoms with Gasteiger partial charge in [0.15, 0.2) is 11.5 Å². The van der Waals surface area contributed by atoms with Crippen LogP contribution in [0.4, 0.5) is 5.82 Å². The summed E-state index contributed by atoms with van der Waals surface area (Å²) < 4.78 is 2.38. The summed E-state index contributed by atoms with van der Waals surface area (Å²) >= 11 is 1.35. The van der Waals surface area contributed by atoms with Crippen LogP contribution in [0.3, 0.4) is 0 Å². The normalized spacial score (nSPS) is 12.1. The van der Waals surface area contributed by atoms with Gasteiger partial charge in [-0.25, -0.2) is 30.4 Å². The third-order valence-corrected chi connectivity index (χ3v) is 8.23. The second-order valence-corrected chi connectivity index (χ2v) is 10.7. The Balaban J connectivity index is 1.43. The first-order valence-electron chi connectivity index (χ1n) is 13.4. The van der Waals surface area contributed by atoms with Crippen LogP contribution in [0.2, 0.25) is 0 Å². The van der Waals surface area contributed by atoms with Crippen LogP contribution < -0.4 is 16.4 Å². The molecule has 4 aromatic heterocycles. The van der Waals surface area contributed by atoms with Gasteiger partial charge in [-0.2, -0.15) is 0 Å². The first-order chi connectivity index (χ1) is 21.1. The number of H-pyrrole nitrogens is 1. The largest absolute Gasteiger partial charge is 0.358 e. The minimum atomic E-state index is -0.612. The van der Waals surface area contributed by atoms with E-state index in [1.54, 1.807) is 34.6 Å². The van der Waals surface area contributed by atoms with Gasteiger partial charge in [-0.15, -0.1) is 11.3 Å². The van der Waals surface area contributed by atoms with Crippen LogP contribution in [0.25, 0.3) is 48.5 Å². The molecule has 0 radical (unpaired) electrons. The van der Waals surface area contributed by atoms with E-state index in [-0.39, 0.29) is 11.6 Å². The van der Waals surface area contributed by atoms with Gasteiger partial charge >= 0.3 is 0 Å². The van der Waals surface area contributed by atoms with Gasteiger partial charge in [-0.1, -0.05) is 37.3 Å². The Kier molecular flexibility index (Phi) is 6.57. The van der Waals surface area contributed by atoms with Crippen molar-refractivity contribution in [3.05, 3.63) is 101 Å². The lowest BCUT2D eigenvalue weighted by Gasteiger charge is -2.22. The fraction of sp³-hybridized carbons (Fsp3) is 0.100. The quantitative estimate of drug-likeness (QED) is 0.148. The Labute approximate surface area is 247 Å². The summed E-state index contributed by atoms with van der Waals surface area (Å²) in [5, 5.41) is 13.5. The Morgan fingerprint density at radius 3 is 2.70 bits per heavy atom. The van der Waals surface area contributed by atoms with Crippen LogP contribution in [0.1, 0.15) is 35.6 Å². The van der Waals surface area contributed by atoms with E-state index in [9.17, 15) is 9.59 Å². The number of anilines is 1. The maximum atomic E-state index is 14.5. The van der Waals surface area contributed by atoms with E-state index in [2.05, 4.69) is 25.3 Å². The number of hydroxylamine groups is 1. The Morgan fingerprint density at radius 1 is 1.02 bits per heavy atom. The van der Waals surface area contributed by atoms with Crippen molar-refractivity contribution >= 4 is 55.3 Å². The zero-order valence-electron chi connectivity index (χ0n) is 22.6. The Bertz CT molecular complexity index is 2210. The average molecular weight is 590 g/mol. The fourth-order valence-corrected chi connectivity index (χ4v) is 6.16. The summed E-state index contributed by atoms with van der Waals surface area (Å²) in [7, 11) is 0. The molecule has 0 saturated carbocycles. The molecule has 0 unspecified atom stereocenters. The summed E-state index contributed by atoms with van der Waals surface area (Å²) in [4.78, 5) is 52.2. The molecule has 0 fully saturated rings. The number of imidazole rings is 1. The minimum absolute atomic E-state index is 0.240. The standard InChI is InChI=1S/C30H23N9O3S/c1-2-19(35-26-24-25(32-14-31-24)33-15-34-26)27-36-21-10-6-9-18(23(21)30(41)39(27)17-7-4-3-5-8-17)29-37-20-12-11-16(28(40)38-42)13-22(20)43-29/h3-15,19,42H,2H2,1H3,(H,38,40)(H2,31,32,33,34,35)/t19-/m0/s1. The Morgan fingerprint density at radius 2 is 1.88 bits per heavy atom. The Hall–Kier alpha value is -5.53. The fourth-order valence-electron chi connectivity index (χ4n) is 5.12. The molecule has 13 heteroatoms. The van der Waals surface area contributed by atoms with Gasteiger partial charge in [0.05, 0.1) is 39.2 Å². The van der Waals surface area contributed by atoms with E-state index in [1.807, 2.05) is 55.5 Å². The van der Waals surface area contributed by atoms with Gasteiger partial charge in [0.25, 0.3) is 11.5 Å². The minimum Gasteiger partial charge on any atom is -0.358 e. The number of carbonyl (C=O) groups is 1. The molecule has 0 aliphatic rings. The number of fused-ring (bicyclic) bond motifs is 3. The number of amides is 1. The summed E-state index contributed by atoms with van der Waals surface area (Å²) in [5.74, 6) is 0.471. The molecule has 12 nitrogen and oxygen atoms in total. The van der Waals surface area contributed by atoms with Crippen molar-refractivity contribution in [1.82, 2.24) is 40.0 Å².